The summed E-state index contributed by atoms with van der Waals surface area (Å²) in [6.07, 6.45) is 4.72. The summed E-state index contributed by atoms with van der Waals surface area (Å²) >= 11 is 0. The Morgan fingerprint density at radius 2 is 1.36 bits per heavy atom. The lowest BCUT2D eigenvalue weighted by atomic mass is 9.62. The van der Waals surface area contributed by atoms with Crippen molar-refractivity contribution >= 4 is 0 Å². The van der Waals surface area contributed by atoms with Crippen molar-refractivity contribution in [3.8, 4) is 5.69 Å². The second-order valence-electron chi connectivity index (χ2n) is 6.51. The Balaban J connectivity index is 1.65. The average Bonchev–Trinajstić information content (AvgIpc) is 3.17. The van der Waals surface area contributed by atoms with Crippen LogP contribution in [-0.2, 0) is 4.74 Å². The molecular formula is C16H13N3O3. The highest BCUT2D eigenvalue weighted by molar-refractivity contribution is 5.32. The summed E-state index contributed by atoms with van der Waals surface area (Å²) in [5.41, 5.74) is 0.122. The van der Waals surface area contributed by atoms with Crippen molar-refractivity contribution in [2.75, 3.05) is 0 Å². The molecule has 4 heterocycles. The van der Waals surface area contributed by atoms with Crippen LogP contribution < -0.4 is 11.4 Å². The smallest absolute Gasteiger partial charge is 0.352 e. The number of para-hydroxylation sites is 1. The Morgan fingerprint density at radius 1 is 0.818 bits per heavy atom. The highest BCUT2D eigenvalue weighted by Crippen LogP contribution is 2.63. The number of nitrogens with zero attached hydrogens (tertiary/aromatic N) is 3. The van der Waals surface area contributed by atoms with E-state index in [1.54, 1.807) is 21.5 Å². The molecule has 6 atom stereocenters. The van der Waals surface area contributed by atoms with Gasteiger partial charge in [-0.05, 0) is 12.1 Å². The maximum Gasteiger partial charge on any atom is 0.352 e. The SMILES string of the molecule is O=c1n(-c2ccccc2)c(=O)n2n1[C@H]1C=C[C@H]2[C@@H]2[C@H]3O[C@H]3[C@H]21. The third-order valence-corrected chi connectivity index (χ3v) is 5.64. The van der Waals surface area contributed by atoms with Gasteiger partial charge in [-0.3, -0.25) is 0 Å². The van der Waals surface area contributed by atoms with E-state index in [9.17, 15) is 9.59 Å². The zero-order chi connectivity index (χ0) is 14.6. The van der Waals surface area contributed by atoms with E-state index < -0.39 is 0 Å². The van der Waals surface area contributed by atoms with Crippen molar-refractivity contribution in [1.82, 2.24) is 13.9 Å². The molecule has 5 aliphatic rings. The molecule has 0 amide bonds. The normalized spacial score (nSPS) is 38.9. The lowest BCUT2D eigenvalue weighted by Crippen LogP contribution is -2.57. The molecule has 6 nitrogen and oxygen atoms in total. The Morgan fingerprint density at radius 3 is 1.91 bits per heavy atom. The van der Waals surface area contributed by atoms with Crippen molar-refractivity contribution in [2.45, 2.75) is 24.3 Å². The summed E-state index contributed by atoms with van der Waals surface area (Å²) in [7, 11) is 0. The first-order valence-electron chi connectivity index (χ1n) is 7.62. The molecule has 22 heavy (non-hydrogen) atoms. The van der Waals surface area contributed by atoms with Crippen LogP contribution in [0.4, 0.5) is 0 Å². The van der Waals surface area contributed by atoms with E-state index in [0.717, 1.165) is 0 Å². The molecule has 0 unspecified atom stereocenters. The minimum Gasteiger partial charge on any atom is -0.369 e. The first-order chi connectivity index (χ1) is 10.8. The number of hydrogen-bond donors (Lipinski definition) is 0. The Bertz CT molecular complexity index is 896. The number of fused-ring (bicyclic) bond motifs is 1. The Kier molecular flexibility index (Phi) is 1.72. The van der Waals surface area contributed by atoms with Crippen molar-refractivity contribution in [1.29, 1.82) is 0 Å². The highest BCUT2D eigenvalue weighted by atomic mass is 16.6. The lowest BCUT2D eigenvalue weighted by Gasteiger charge is -2.48. The molecule has 0 N–H and O–H groups in total. The van der Waals surface area contributed by atoms with Crippen molar-refractivity contribution in [3.63, 3.8) is 0 Å². The molecule has 2 bridgehead atoms. The third kappa shape index (κ3) is 1.04. The molecule has 0 spiro atoms. The van der Waals surface area contributed by atoms with E-state index in [1.165, 1.54) is 4.57 Å². The topological polar surface area (TPSA) is 61.5 Å². The maximum atomic E-state index is 12.9. The predicted molar refractivity (Wildman–Crippen MR) is 77.1 cm³/mol. The van der Waals surface area contributed by atoms with Crippen molar-refractivity contribution < 1.29 is 4.74 Å². The van der Waals surface area contributed by atoms with Crippen LogP contribution in [0.5, 0.6) is 0 Å². The molecule has 1 saturated heterocycles. The molecule has 1 aromatic heterocycles. The summed E-state index contributed by atoms with van der Waals surface area (Å²) in [6.45, 7) is 0. The van der Waals surface area contributed by atoms with Crippen LogP contribution in [-0.4, -0.2) is 26.1 Å². The molecule has 1 saturated carbocycles. The summed E-state index contributed by atoms with van der Waals surface area (Å²) in [5.74, 6) is 0.701. The van der Waals surface area contributed by atoms with Crippen LogP contribution in [0.15, 0.2) is 52.1 Å². The number of rotatable bonds is 1. The summed E-state index contributed by atoms with van der Waals surface area (Å²) in [5, 5.41) is 0. The zero-order valence-corrected chi connectivity index (χ0v) is 11.6. The van der Waals surface area contributed by atoms with E-state index in [0.29, 0.717) is 29.7 Å². The van der Waals surface area contributed by atoms with Gasteiger partial charge in [0.2, 0.25) is 0 Å². The van der Waals surface area contributed by atoms with Crippen molar-refractivity contribution in [2.24, 2.45) is 11.8 Å². The van der Waals surface area contributed by atoms with Gasteiger partial charge in [0.1, 0.15) is 0 Å². The van der Waals surface area contributed by atoms with E-state index in [1.807, 2.05) is 18.2 Å². The van der Waals surface area contributed by atoms with E-state index in [4.69, 9.17) is 4.74 Å². The third-order valence-electron chi connectivity index (χ3n) is 5.64. The molecule has 0 radical (unpaired) electrons. The number of ether oxygens (including phenoxy) is 1. The Hall–Kier alpha value is -2.34. The summed E-state index contributed by atoms with van der Waals surface area (Å²) < 4.78 is 10.2. The number of hydrogen-bond acceptors (Lipinski definition) is 3. The fourth-order valence-corrected chi connectivity index (χ4v) is 4.68. The van der Waals surface area contributed by atoms with Gasteiger partial charge < -0.3 is 4.74 Å². The minimum absolute atomic E-state index is 0.0519. The van der Waals surface area contributed by atoms with Crippen molar-refractivity contribution in [3.05, 3.63) is 63.5 Å². The second kappa shape index (κ2) is 3.35. The molecule has 110 valence electrons. The Labute approximate surface area is 124 Å². The molecule has 3 aliphatic heterocycles. The van der Waals surface area contributed by atoms with Crippen LogP contribution in [0.3, 0.4) is 0 Å². The van der Waals surface area contributed by atoms with Gasteiger partial charge in [-0.25, -0.2) is 23.5 Å². The second-order valence-corrected chi connectivity index (χ2v) is 6.51. The quantitative estimate of drug-likeness (QED) is 0.568. The van der Waals surface area contributed by atoms with Crippen LogP contribution >= 0.6 is 0 Å². The molecular weight excluding hydrogens is 282 g/mol. The lowest BCUT2D eigenvalue weighted by molar-refractivity contribution is 0.0509. The van der Waals surface area contributed by atoms with Crippen LogP contribution in [0.2, 0.25) is 0 Å². The number of allylic oxidation sites excluding steroid dienone is 2. The van der Waals surface area contributed by atoms with Gasteiger partial charge in [0.25, 0.3) is 0 Å². The largest absolute Gasteiger partial charge is 0.369 e. The fourth-order valence-electron chi connectivity index (χ4n) is 4.68. The summed E-state index contributed by atoms with van der Waals surface area (Å²) in [6, 6.07) is 9.02. The van der Waals surface area contributed by atoms with E-state index in [-0.39, 0.29) is 23.5 Å². The van der Waals surface area contributed by atoms with Gasteiger partial charge in [0.05, 0.1) is 30.0 Å². The molecule has 2 aliphatic carbocycles. The standard InChI is InChI=1S/C16H13N3O3/c20-15-17(8-4-2-1-3-5-8)16(21)19-10-7-6-9(18(15)19)11-12(10)14-13(11)22-14/h1-7,9-14H/t9-,10-,11-,12-,13-,14+/m0/s1. The maximum absolute atomic E-state index is 12.9. The zero-order valence-electron chi connectivity index (χ0n) is 11.6. The first kappa shape index (κ1) is 11.3. The van der Waals surface area contributed by atoms with Gasteiger partial charge in [-0.2, -0.15) is 0 Å². The first-order valence-corrected chi connectivity index (χ1v) is 7.62. The van der Waals surface area contributed by atoms with Gasteiger partial charge in [-0.15, -0.1) is 0 Å². The van der Waals surface area contributed by atoms with Gasteiger partial charge in [-0.1, -0.05) is 30.4 Å². The molecule has 7 rings (SSSR count). The van der Waals surface area contributed by atoms with Crippen LogP contribution in [0.1, 0.15) is 12.1 Å². The number of aromatic nitrogens is 3. The van der Waals surface area contributed by atoms with Crippen LogP contribution in [0.25, 0.3) is 5.69 Å². The minimum atomic E-state index is -0.252. The van der Waals surface area contributed by atoms with E-state index >= 15 is 0 Å². The van der Waals surface area contributed by atoms with Gasteiger partial charge >= 0.3 is 11.4 Å². The molecule has 1 aromatic carbocycles. The highest BCUT2D eigenvalue weighted by Gasteiger charge is 2.71. The van der Waals surface area contributed by atoms with Gasteiger partial charge in [0.15, 0.2) is 0 Å². The van der Waals surface area contributed by atoms with Gasteiger partial charge in [0, 0.05) is 11.8 Å². The van der Waals surface area contributed by atoms with Crippen LogP contribution in [0, 0.1) is 11.8 Å². The molecule has 2 fully saturated rings. The number of benzene rings is 1. The molecule has 2 aromatic rings. The average molecular weight is 295 g/mol. The molecule has 6 heteroatoms. The predicted octanol–water partition coefficient (Wildman–Crippen LogP) is 0.480. The fraction of sp³-hybridized carbons (Fsp3) is 0.375. The summed E-state index contributed by atoms with van der Waals surface area (Å²) in [4.78, 5) is 25.7. The number of epoxide rings is 1. The monoisotopic (exact) mass is 295 g/mol. The van der Waals surface area contributed by atoms with E-state index in [2.05, 4.69) is 12.2 Å².